The van der Waals surface area contributed by atoms with Crippen LogP contribution in [-0.4, -0.2) is 20.0 Å². The lowest BCUT2D eigenvalue weighted by Crippen LogP contribution is -2.03. The van der Waals surface area contributed by atoms with Crippen LogP contribution in [0, 0.1) is 6.92 Å². The smallest absolute Gasteiger partial charge is 0.0861 e. The topological polar surface area (TPSA) is 43.6 Å². The lowest BCUT2D eigenvalue weighted by molar-refractivity contribution is 0.598. The van der Waals surface area contributed by atoms with Crippen LogP contribution >= 0.6 is 0 Å². The number of allylic oxidation sites excluding steroid dienone is 2. The Morgan fingerprint density at radius 1 is 1.37 bits per heavy atom. The second kappa shape index (κ2) is 5.34. The molecule has 19 heavy (non-hydrogen) atoms. The van der Waals surface area contributed by atoms with Crippen molar-refractivity contribution in [3.8, 4) is 0 Å². The Morgan fingerprint density at radius 3 is 3.11 bits per heavy atom. The van der Waals surface area contributed by atoms with Crippen LogP contribution in [0.3, 0.4) is 0 Å². The molecule has 4 nitrogen and oxygen atoms in total. The van der Waals surface area contributed by atoms with Crippen LogP contribution in [0.5, 0.6) is 0 Å². The molecule has 98 valence electrons. The van der Waals surface area contributed by atoms with Crippen LogP contribution in [0.25, 0.3) is 0 Å². The molecule has 1 atom stereocenters. The van der Waals surface area contributed by atoms with Crippen molar-refractivity contribution in [2.75, 3.05) is 0 Å². The molecule has 1 aliphatic rings. The molecular weight excluding hydrogens is 236 g/mol. The summed E-state index contributed by atoms with van der Waals surface area (Å²) >= 11 is 0. The zero-order valence-electron chi connectivity index (χ0n) is 11.2. The maximum Gasteiger partial charge on any atom is 0.0861 e. The Morgan fingerprint density at radius 2 is 2.32 bits per heavy atom. The molecule has 0 bridgehead atoms. The van der Waals surface area contributed by atoms with Crippen molar-refractivity contribution < 1.29 is 0 Å². The van der Waals surface area contributed by atoms with Crippen molar-refractivity contribution in [3.05, 3.63) is 53.6 Å². The van der Waals surface area contributed by atoms with E-state index in [1.807, 2.05) is 16.9 Å². The number of rotatable bonds is 3. The van der Waals surface area contributed by atoms with Crippen molar-refractivity contribution in [1.29, 1.82) is 0 Å². The first-order valence-corrected chi connectivity index (χ1v) is 6.78. The maximum absolute atomic E-state index is 4.36. The monoisotopic (exact) mass is 254 g/mol. The van der Waals surface area contributed by atoms with Crippen LogP contribution in [-0.2, 0) is 6.54 Å². The molecule has 1 unspecified atom stereocenters. The minimum absolute atomic E-state index is 0.532. The summed E-state index contributed by atoms with van der Waals surface area (Å²) in [4.78, 5) is 4.36. The van der Waals surface area contributed by atoms with Crippen molar-refractivity contribution >= 4 is 0 Å². The Kier molecular flexibility index (Phi) is 3.40. The zero-order chi connectivity index (χ0) is 13.1. The summed E-state index contributed by atoms with van der Waals surface area (Å²) in [5.41, 5.74) is 3.36. The third-order valence-electron chi connectivity index (χ3n) is 3.54. The zero-order valence-corrected chi connectivity index (χ0v) is 11.2. The Hall–Kier alpha value is -1.97. The summed E-state index contributed by atoms with van der Waals surface area (Å²) in [6, 6.07) is 4.09. The van der Waals surface area contributed by atoms with E-state index in [2.05, 4.69) is 46.6 Å². The molecule has 0 saturated carbocycles. The molecule has 0 N–H and O–H groups in total. The van der Waals surface area contributed by atoms with Crippen LogP contribution in [0.15, 0.2) is 36.7 Å². The lowest BCUT2D eigenvalue weighted by Gasteiger charge is -2.13. The highest BCUT2D eigenvalue weighted by Crippen LogP contribution is 2.27. The molecule has 0 saturated heterocycles. The average Bonchev–Trinajstić information content (AvgIpc) is 2.88. The molecule has 3 rings (SSSR count). The SMILES string of the molecule is Cc1ccnc(Cn2cc(C3CC=CCC3)nn2)c1. The van der Waals surface area contributed by atoms with Gasteiger partial charge in [-0.3, -0.25) is 4.98 Å². The second-order valence-electron chi connectivity index (χ2n) is 5.15. The summed E-state index contributed by atoms with van der Waals surface area (Å²) < 4.78 is 1.88. The molecule has 1 aliphatic carbocycles. The number of aromatic nitrogens is 4. The summed E-state index contributed by atoms with van der Waals surface area (Å²) in [7, 11) is 0. The highest BCUT2D eigenvalue weighted by Gasteiger charge is 2.15. The predicted molar refractivity (Wildman–Crippen MR) is 73.8 cm³/mol. The molecular formula is C15H18N4. The van der Waals surface area contributed by atoms with Crippen LogP contribution in [0.1, 0.15) is 42.1 Å². The molecule has 2 heterocycles. The summed E-state index contributed by atoms with van der Waals surface area (Å²) in [5.74, 6) is 0.532. The predicted octanol–water partition coefficient (Wildman–Crippen LogP) is 2.85. The first kappa shape index (κ1) is 12.1. The average molecular weight is 254 g/mol. The third-order valence-corrected chi connectivity index (χ3v) is 3.54. The standard InChI is InChI=1S/C15H18N4/c1-12-7-8-16-14(9-12)10-19-11-15(17-18-19)13-5-3-2-4-6-13/h2-3,7-9,11,13H,4-6,10H2,1H3. The van der Waals surface area contributed by atoms with Gasteiger partial charge in [-0.05, 0) is 43.9 Å². The van der Waals surface area contributed by atoms with Crippen molar-refractivity contribution in [2.45, 2.75) is 38.6 Å². The summed E-state index contributed by atoms with van der Waals surface area (Å²) in [5, 5.41) is 8.53. The van der Waals surface area contributed by atoms with Crippen molar-refractivity contribution in [1.82, 2.24) is 20.0 Å². The molecule has 0 amide bonds. The van der Waals surface area contributed by atoms with Crippen LogP contribution in [0.2, 0.25) is 0 Å². The van der Waals surface area contributed by atoms with Gasteiger partial charge in [0.2, 0.25) is 0 Å². The second-order valence-corrected chi connectivity index (χ2v) is 5.15. The highest BCUT2D eigenvalue weighted by atomic mass is 15.4. The van der Waals surface area contributed by atoms with Gasteiger partial charge in [0.05, 0.1) is 17.9 Å². The molecule has 0 aliphatic heterocycles. The fourth-order valence-electron chi connectivity index (χ4n) is 2.49. The Bertz CT molecular complexity index is 585. The van der Waals surface area contributed by atoms with E-state index < -0.39 is 0 Å². The molecule has 0 aromatic carbocycles. The van der Waals surface area contributed by atoms with E-state index in [-0.39, 0.29) is 0 Å². The minimum Gasteiger partial charge on any atom is -0.259 e. The van der Waals surface area contributed by atoms with Gasteiger partial charge in [0.15, 0.2) is 0 Å². The molecule has 2 aromatic heterocycles. The molecule has 4 heteroatoms. The van der Waals surface area contributed by atoms with Gasteiger partial charge in [0, 0.05) is 18.3 Å². The van der Waals surface area contributed by atoms with Gasteiger partial charge >= 0.3 is 0 Å². The minimum atomic E-state index is 0.532. The quantitative estimate of drug-likeness (QED) is 0.791. The van der Waals surface area contributed by atoms with Gasteiger partial charge in [-0.2, -0.15) is 0 Å². The Balaban J connectivity index is 1.72. The number of hydrogen-bond donors (Lipinski definition) is 0. The van der Waals surface area contributed by atoms with Crippen molar-refractivity contribution in [3.63, 3.8) is 0 Å². The summed E-state index contributed by atoms with van der Waals surface area (Å²) in [6.45, 7) is 2.77. The molecule has 2 aromatic rings. The normalized spacial score (nSPS) is 18.7. The van der Waals surface area contributed by atoms with Crippen LogP contribution in [0.4, 0.5) is 0 Å². The fraction of sp³-hybridized carbons (Fsp3) is 0.400. The largest absolute Gasteiger partial charge is 0.259 e. The highest BCUT2D eigenvalue weighted by molar-refractivity contribution is 5.15. The lowest BCUT2D eigenvalue weighted by atomic mass is 9.92. The van der Waals surface area contributed by atoms with Gasteiger partial charge in [0.25, 0.3) is 0 Å². The van der Waals surface area contributed by atoms with Gasteiger partial charge in [-0.15, -0.1) is 5.10 Å². The summed E-state index contributed by atoms with van der Waals surface area (Å²) in [6.07, 6.45) is 11.8. The first-order valence-electron chi connectivity index (χ1n) is 6.78. The van der Waals surface area contributed by atoms with E-state index in [9.17, 15) is 0 Å². The third kappa shape index (κ3) is 2.89. The molecule has 0 spiro atoms. The van der Waals surface area contributed by atoms with Gasteiger partial charge in [0.1, 0.15) is 0 Å². The fourth-order valence-corrected chi connectivity index (χ4v) is 2.49. The van der Waals surface area contributed by atoms with Crippen molar-refractivity contribution in [2.24, 2.45) is 0 Å². The maximum atomic E-state index is 4.36. The number of hydrogen-bond acceptors (Lipinski definition) is 3. The molecule has 0 radical (unpaired) electrons. The van der Waals surface area contributed by atoms with E-state index in [4.69, 9.17) is 0 Å². The van der Waals surface area contributed by atoms with E-state index >= 15 is 0 Å². The first-order chi connectivity index (χ1) is 9.31. The van der Waals surface area contributed by atoms with E-state index in [0.29, 0.717) is 12.5 Å². The van der Waals surface area contributed by atoms with E-state index in [0.717, 1.165) is 24.2 Å². The number of nitrogens with zero attached hydrogens (tertiary/aromatic N) is 4. The molecule has 0 fully saturated rings. The van der Waals surface area contributed by atoms with Gasteiger partial charge < -0.3 is 0 Å². The van der Waals surface area contributed by atoms with E-state index in [1.54, 1.807) is 0 Å². The van der Waals surface area contributed by atoms with E-state index in [1.165, 1.54) is 12.0 Å². The van der Waals surface area contributed by atoms with Gasteiger partial charge in [-0.25, -0.2) is 4.68 Å². The van der Waals surface area contributed by atoms with Crippen LogP contribution < -0.4 is 0 Å². The van der Waals surface area contributed by atoms with Gasteiger partial charge in [-0.1, -0.05) is 17.4 Å². The Labute approximate surface area is 113 Å². The number of pyridine rings is 1. The number of aryl methyl sites for hydroxylation is 1.